The molecule has 2 saturated heterocycles. The SMILES string of the molecule is CCC(C)C(C(=O)N[C@@H](Cc1ccccc1)[C@@H](O)CN(Cc1ccc(-c2ccccn2)cc1)NC(=O)[C@H]([C@@H](C)CC)N1CC(=O)NC1=O)N1CCN(Cc2ccnc3ccccc23)C1=O. The number of carbonyl (C=O) groups is 5. The summed E-state index contributed by atoms with van der Waals surface area (Å²) in [6.07, 6.45) is 3.65. The lowest BCUT2D eigenvalue weighted by atomic mass is 9.95. The van der Waals surface area contributed by atoms with E-state index in [1.807, 2.05) is 131 Å². The third kappa shape index (κ3) is 11.2. The molecule has 0 radical (unpaired) electrons. The zero-order valence-corrected chi connectivity index (χ0v) is 37.5. The van der Waals surface area contributed by atoms with Crippen molar-refractivity contribution < 1.29 is 29.1 Å². The highest BCUT2D eigenvalue weighted by atomic mass is 16.3. The van der Waals surface area contributed by atoms with Gasteiger partial charge in [-0.15, -0.1) is 0 Å². The maximum atomic E-state index is 14.7. The van der Waals surface area contributed by atoms with Crippen molar-refractivity contribution in [3.05, 3.63) is 132 Å². The normalized spacial score (nSPS) is 16.9. The average Bonchev–Trinajstić information content (AvgIpc) is 3.84. The smallest absolute Gasteiger partial charge is 0.325 e. The number of pyridine rings is 2. The van der Waals surface area contributed by atoms with Gasteiger partial charge in [0.15, 0.2) is 0 Å². The van der Waals surface area contributed by atoms with Gasteiger partial charge in [-0.2, -0.15) is 0 Å². The van der Waals surface area contributed by atoms with Crippen LogP contribution in [0.1, 0.15) is 57.2 Å². The molecule has 3 aromatic carbocycles. The molecule has 2 aromatic heterocycles. The number of aliphatic hydroxyl groups excluding tert-OH is 1. The molecule has 4 heterocycles. The van der Waals surface area contributed by atoms with E-state index in [1.165, 1.54) is 4.90 Å². The standard InChI is InChI=1S/C50H59N9O6/c1-5-33(3)45(58-27-26-56(50(58)65)30-38-23-25-52-41-18-11-10-16-39(38)41)47(62)53-42(28-35-14-8-7-9-15-35)43(60)31-57(29-36-19-21-37(22-20-36)40-17-12-13-24-51-40)55-48(63)46(34(4)6-2)59-32-44(61)54-49(59)64/h7-25,33-34,42-43,45-46,60H,5-6,26-32H2,1-4H3,(H,53,62)(H,55,63)(H,54,61,64)/t33?,34-,42-,43-,45?,46-/m0/s1. The average molecular weight is 882 g/mol. The van der Waals surface area contributed by atoms with Gasteiger partial charge in [-0.25, -0.2) is 14.6 Å². The predicted octanol–water partition coefficient (Wildman–Crippen LogP) is 5.54. The Balaban J connectivity index is 1.14. The van der Waals surface area contributed by atoms with Crippen LogP contribution in [0.25, 0.3) is 22.2 Å². The summed E-state index contributed by atoms with van der Waals surface area (Å²) in [4.78, 5) is 82.0. The second-order valence-corrected chi connectivity index (χ2v) is 17.2. The van der Waals surface area contributed by atoms with Crippen LogP contribution in [0, 0.1) is 11.8 Å². The van der Waals surface area contributed by atoms with Gasteiger partial charge in [0.25, 0.3) is 5.91 Å². The van der Waals surface area contributed by atoms with Crippen LogP contribution in [-0.2, 0) is 33.9 Å². The van der Waals surface area contributed by atoms with E-state index in [0.717, 1.165) is 38.9 Å². The predicted molar refractivity (Wildman–Crippen MR) is 247 cm³/mol. The molecule has 7 amide bonds. The van der Waals surface area contributed by atoms with Crippen LogP contribution in [0.15, 0.2) is 116 Å². The lowest BCUT2D eigenvalue weighted by Crippen LogP contribution is -2.59. The van der Waals surface area contributed by atoms with Crippen molar-refractivity contribution in [3.8, 4) is 11.3 Å². The number of fused-ring (bicyclic) bond motifs is 1. The molecule has 0 bridgehead atoms. The van der Waals surface area contributed by atoms with Crippen LogP contribution < -0.4 is 16.1 Å². The first kappa shape index (κ1) is 46.3. The van der Waals surface area contributed by atoms with Gasteiger partial charge < -0.3 is 25.1 Å². The Morgan fingerprint density at radius 3 is 2.14 bits per heavy atom. The minimum atomic E-state index is -1.24. The number of aromatic nitrogens is 2. The van der Waals surface area contributed by atoms with Crippen LogP contribution in [0.5, 0.6) is 0 Å². The first-order valence-electron chi connectivity index (χ1n) is 22.5. The summed E-state index contributed by atoms with van der Waals surface area (Å²) >= 11 is 0. The molecule has 2 aliphatic heterocycles. The number of imide groups is 1. The van der Waals surface area contributed by atoms with Crippen LogP contribution in [0.4, 0.5) is 9.59 Å². The van der Waals surface area contributed by atoms with E-state index in [0.29, 0.717) is 32.5 Å². The number of benzene rings is 3. The van der Waals surface area contributed by atoms with Gasteiger partial charge >= 0.3 is 12.1 Å². The Labute approximate surface area is 380 Å². The van der Waals surface area contributed by atoms with Crippen LogP contribution in [0.2, 0.25) is 0 Å². The van der Waals surface area contributed by atoms with Crippen molar-refractivity contribution in [2.75, 3.05) is 26.2 Å². The molecule has 0 spiro atoms. The summed E-state index contributed by atoms with van der Waals surface area (Å²) in [7, 11) is 0. The van der Waals surface area contributed by atoms with Gasteiger partial charge in [-0.1, -0.05) is 119 Å². The van der Waals surface area contributed by atoms with E-state index in [1.54, 1.807) is 27.2 Å². The Morgan fingerprint density at radius 1 is 0.769 bits per heavy atom. The number of rotatable bonds is 20. The molecular weight excluding hydrogens is 823 g/mol. The van der Waals surface area contributed by atoms with E-state index < -0.39 is 42.1 Å². The molecule has 15 nitrogen and oxygen atoms in total. The number of hydrazine groups is 1. The minimum Gasteiger partial charge on any atom is -0.390 e. The number of amides is 7. The molecule has 2 unspecified atom stereocenters. The van der Waals surface area contributed by atoms with Gasteiger partial charge in [0.2, 0.25) is 11.8 Å². The lowest BCUT2D eigenvalue weighted by Gasteiger charge is -2.36. The van der Waals surface area contributed by atoms with Gasteiger partial charge in [-0.05, 0) is 59.2 Å². The molecule has 2 fully saturated rings. The van der Waals surface area contributed by atoms with Crippen molar-refractivity contribution in [2.24, 2.45) is 11.8 Å². The third-order valence-electron chi connectivity index (χ3n) is 12.7. The van der Waals surface area contributed by atoms with Gasteiger partial charge in [0.1, 0.15) is 18.6 Å². The van der Waals surface area contributed by atoms with E-state index in [2.05, 4.69) is 26.0 Å². The zero-order valence-electron chi connectivity index (χ0n) is 37.5. The molecule has 7 rings (SSSR count). The Morgan fingerprint density at radius 2 is 1.46 bits per heavy atom. The summed E-state index contributed by atoms with van der Waals surface area (Å²) in [5.74, 6) is -1.92. The maximum absolute atomic E-state index is 14.7. The van der Waals surface area contributed by atoms with Crippen molar-refractivity contribution >= 4 is 40.7 Å². The summed E-state index contributed by atoms with van der Waals surface area (Å²) in [5.41, 5.74) is 8.18. The molecule has 0 aliphatic carbocycles. The topological polar surface area (TPSA) is 180 Å². The number of hydrogen-bond donors (Lipinski definition) is 4. The van der Waals surface area contributed by atoms with Crippen LogP contribution in [0.3, 0.4) is 0 Å². The van der Waals surface area contributed by atoms with Crippen molar-refractivity contribution in [3.63, 3.8) is 0 Å². The number of carbonyl (C=O) groups excluding carboxylic acids is 5. The van der Waals surface area contributed by atoms with E-state index in [9.17, 15) is 29.1 Å². The Bertz CT molecular complexity index is 2430. The first-order chi connectivity index (χ1) is 31.4. The van der Waals surface area contributed by atoms with E-state index in [4.69, 9.17) is 0 Å². The number of urea groups is 2. The highest BCUT2D eigenvalue weighted by Gasteiger charge is 2.42. The monoisotopic (exact) mass is 881 g/mol. The van der Waals surface area contributed by atoms with Gasteiger partial charge in [0, 0.05) is 56.1 Å². The van der Waals surface area contributed by atoms with Crippen molar-refractivity contribution in [2.45, 2.75) is 84.3 Å². The molecule has 5 aromatic rings. The molecule has 15 heteroatoms. The largest absolute Gasteiger partial charge is 0.390 e. The second-order valence-electron chi connectivity index (χ2n) is 17.2. The van der Waals surface area contributed by atoms with Crippen molar-refractivity contribution in [1.82, 2.24) is 45.7 Å². The van der Waals surface area contributed by atoms with Crippen molar-refractivity contribution in [1.29, 1.82) is 0 Å². The van der Waals surface area contributed by atoms with Gasteiger partial charge in [0.05, 0.1) is 23.4 Å². The van der Waals surface area contributed by atoms with E-state index >= 15 is 0 Å². The Hall–Kier alpha value is -6.71. The Kier molecular flexibility index (Phi) is 15.2. The molecular formula is C50H59N9O6. The molecule has 2 aliphatic rings. The fourth-order valence-corrected chi connectivity index (χ4v) is 8.73. The van der Waals surface area contributed by atoms with Crippen LogP contribution >= 0.6 is 0 Å². The number of nitrogens with zero attached hydrogens (tertiary/aromatic N) is 6. The highest BCUT2D eigenvalue weighted by Crippen LogP contribution is 2.26. The van der Waals surface area contributed by atoms with Crippen LogP contribution in [-0.4, -0.2) is 115 Å². The number of nitrogens with one attached hydrogen (secondary N) is 3. The second kappa shape index (κ2) is 21.3. The zero-order chi connectivity index (χ0) is 46.0. The molecule has 65 heavy (non-hydrogen) atoms. The van der Waals surface area contributed by atoms with E-state index in [-0.39, 0.29) is 49.8 Å². The molecule has 6 atom stereocenters. The molecule has 0 saturated carbocycles. The number of para-hydroxylation sites is 1. The molecule has 340 valence electrons. The fraction of sp³-hybridized carbons (Fsp3) is 0.380. The first-order valence-corrected chi connectivity index (χ1v) is 22.5. The minimum absolute atomic E-state index is 0.131. The summed E-state index contributed by atoms with van der Waals surface area (Å²) in [6.45, 7) is 8.63. The fourth-order valence-electron chi connectivity index (χ4n) is 8.73. The quantitative estimate of drug-likeness (QED) is 0.0577. The lowest BCUT2D eigenvalue weighted by molar-refractivity contribution is -0.134. The summed E-state index contributed by atoms with van der Waals surface area (Å²) < 4.78 is 0. The number of aliphatic hydroxyl groups is 1. The maximum Gasteiger partial charge on any atom is 0.325 e. The van der Waals surface area contributed by atoms with Gasteiger partial charge in [-0.3, -0.25) is 35.1 Å². The number of hydrogen-bond acceptors (Lipinski definition) is 9. The summed E-state index contributed by atoms with van der Waals surface area (Å²) in [5, 5.41) is 20.3. The molecule has 4 N–H and O–H groups in total. The summed E-state index contributed by atoms with van der Waals surface area (Å²) in [6, 6.07) is 29.1. The highest BCUT2D eigenvalue weighted by molar-refractivity contribution is 6.04. The third-order valence-corrected chi connectivity index (χ3v) is 12.7.